The molecule has 1 unspecified atom stereocenters. The van der Waals surface area contributed by atoms with Gasteiger partial charge in [0.15, 0.2) is 0 Å². The molecule has 1 amide bonds. The van der Waals surface area contributed by atoms with Crippen LogP contribution >= 0.6 is 11.3 Å². The number of benzene rings is 1. The van der Waals surface area contributed by atoms with Gasteiger partial charge in [0.2, 0.25) is 0 Å². The standard InChI is InChI=1S/C18H16N4OS/c19-21-14(12-5-2-1-3-6-12)11-15-16-7-4-9-22(16)18-13(8-10-24-18)17(23)20-15/h1-10,15H,11,19H2,(H,20,23)/b21-14-. The van der Waals surface area contributed by atoms with Gasteiger partial charge in [-0.3, -0.25) is 4.79 Å². The van der Waals surface area contributed by atoms with Crippen molar-refractivity contribution in [1.29, 1.82) is 0 Å². The average Bonchev–Trinajstić information content (AvgIpc) is 3.26. The Kier molecular flexibility index (Phi) is 3.66. The molecule has 1 aliphatic heterocycles. The monoisotopic (exact) mass is 336 g/mol. The van der Waals surface area contributed by atoms with Gasteiger partial charge in [0.25, 0.3) is 5.91 Å². The van der Waals surface area contributed by atoms with Gasteiger partial charge < -0.3 is 15.7 Å². The highest BCUT2D eigenvalue weighted by molar-refractivity contribution is 7.13. The molecule has 0 radical (unpaired) electrons. The number of nitrogens with zero attached hydrogens (tertiary/aromatic N) is 2. The van der Waals surface area contributed by atoms with Crippen LogP contribution in [0, 0.1) is 0 Å². The van der Waals surface area contributed by atoms with Crippen molar-refractivity contribution >= 4 is 23.0 Å². The summed E-state index contributed by atoms with van der Waals surface area (Å²) in [6.45, 7) is 0. The molecule has 4 rings (SSSR count). The first-order chi connectivity index (χ1) is 11.8. The van der Waals surface area contributed by atoms with Crippen molar-refractivity contribution in [3.05, 3.63) is 76.9 Å². The molecule has 1 atom stereocenters. The second-order valence-electron chi connectivity index (χ2n) is 5.61. The maximum Gasteiger partial charge on any atom is 0.254 e. The fourth-order valence-electron chi connectivity index (χ4n) is 3.06. The maximum absolute atomic E-state index is 12.6. The van der Waals surface area contributed by atoms with Gasteiger partial charge in [0.05, 0.1) is 17.3 Å². The molecule has 5 nitrogen and oxygen atoms in total. The number of carbonyl (C=O) groups is 1. The topological polar surface area (TPSA) is 72.4 Å². The summed E-state index contributed by atoms with van der Waals surface area (Å²) in [4.78, 5) is 12.6. The lowest BCUT2D eigenvalue weighted by molar-refractivity contribution is 0.0940. The van der Waals surface area contributed by atoms with Crippen LogP contribution in [0.25, 0.3) is 5.00 Å². The van der Waals surface area contributed by atoms with Crippen LogP contribution in [0.15, 0.2) is 65.2 Å². The highest BCUT2D eigenvalue weighted by atomic mass is 32.1. The summed E-state index contributed by atoms with van der Waals surface area (Å²) in [5, 5.41) is 9.95. The number of nitrogens with two attached hydrogens (primary N) is 1. The largest absolute Gasteiger partial charge is 0.343 e. The van der Waals surface area contributed by atoms with Crippen LogP contribution < -0.4 is 11.2 Å². The molecule has 0 bridgehead atoms. The van der Waals surface area contributed by atoms with Crippen molar-refractivity contribution < 1.29 is 4.79 Å². The maximum atomic E-state index is 12.6. The van der Waals surface area contributed by atoms with Gasteiger partial charge in [0.1, 0.15) is 5.00 Å². The highest BCUT2D eigenvalue weighted by Gasteiger charge is 2.28. The van der Waals surface area contributed by atoms with E-state index in [0.29, 0.717) is 12.0 Å². The van der Waals surface area contributed by atoms with E-state index in [4.69, 9.17) is 5.84 Å². The van der Waals surface area contributed by atoms with Crippen LogP contribution in [-0.4, -0.2) is 16.2 Å². The van der Waals surface area contributed by atoms with Crippen molar-refractivity contribution in [2.75, 3.05) is 0 Å². The Labute approximate surface area is 143 Å². The Hall–Kier alpha value is -2.86. The number of hydrogen-bond donors (Lipinski definition) is 2. The van der Waals surface area contributed by atoms with Crippen LogP contribution in [0.2, 0.25) is 0 Å². The summed E-state index contributed by atoms with van der Waals surface area (Å²) in [6.07, 6.45) is 2.52. The lowest BCUT2D eigenvalue weighted by atomic mass is 10.0. The van der Waals surface area contributed by atoms with Crippen molar-refractivity contribution in [1.82, 2.24) is 9.88 Å². The number of nitrogens with one attached hydrogen (secondary N) is 1. The molecule has 0 saturated heterocycles. The van der Waals surface area contributed by atoms with Crippen molar-refractivity contribution in [3.63, 3.8) is 0 Å². The minimum absolute atomic E-state index is 0.0654. The van der Waals surface area contributed by atoms with Gasteiger partial charge in [-0.15, -0.1) is 11.3 Å². The molecule has 3 aromatic rings. The summed E-state index contributed by atoms with van der Waals surface area (Å²) < 4.78 is 2.07. The Morgan fingerprint density at radius 2 is 2.04 bits per heavy atom. The first-order valence-corrected chi connectivity index (χ1v) is 8.54. The smallest absolute Gasteiger partial charge is 0.254 e. The van der Waals surface area contributed by atoms with Crippen molar-refractivity contribution in [3.8, 4) is 5.00 Å². The van der Waals surface area contributed by atoms with Crippen LogP contribution in [0.5, 0.6) is 0 Å². The first kappa shape index (κ1) is 14.7. The molecule has 2 aromatic heterocycles. The van der Waals surface area contributed by atoms with E-state index in [1.54, 1.807) is 11.3 Å². The first-order valence-electron chi connectivity index (χ1n) is 7.66. The number of amides is 1. The predicted octanol–water partition coefficient (Wildman–Crippen LogP) is 3.08. The van der Waals surface area contributed by atoms with E-state index >= 15 is 0 Å². The van der Waals surface area contributed by atoms with Gasteiger partial charge in [-0.1, -0.05) is 30.3 Å². The summed E-state index contributed by atoms with van der Waals surface area (Å²) in [6, 6.07) is 15.5. The minimum Gasteiger partial charge on any atom is -0.343 e. The number of rotatable bonds is 3. The van der Waals surface area contributed by atoms with E-state index in [9.17, 15) is 4.79 Å². The second-order valence-corrected chi connectivity index (χ2v) is 6.51. The lowest BCUT2D eigenvalue weighted by Crippen LogP contribution is -2.29. The Balaban J connectivity index is 1.72. The number of thiophene rings is 1. The third-order valence-corrected chi connectivity index (χ3v) is 5.12. The SMILES string of the molecule is N/N=C(/CC1NC(=O)c2ccsc2-n2cccc21)c1ccccc1. The zero-order chi connectivity index (χ0) is 16.5. The summed E-state index contributed by atoms with van der Waals surface area (Å²) >= 11 is 1.56. The molecule has 3 heterocycles. The van der Waals surface area contributed by atoms with Gasteiger partial charge in [-0.25, -0.2) is 0 Å². The van der Waals surface area contributed by atoms with E-state index in [0.717, 1.165) is 22.0 Å². The molecule has 24 heavy (non-hydrogen) atoms. The fraction of sp³-hybridized carbons (Fsp3) is 0.111. The van der Waals surface area contributed by atoms with E-state index in [1.807, 2.05) is 60.1 Å². The number of fused-ring (bicyclic) bond motifs is 3. The Bertz CT molecular complexity index is 910. The number of hydrogen-bond acceptors (Lipinski definition) is 4. The predicted molar refractivity (Wildman–Crippen MR) is 95.6 cm³/mol. The molecular weight excluding hydrogens is 320 g/mol. The quantitative estimate of drug-likeness (QED) is 0.438. The van der Waals surface area contributed by atoms with Gasteiger partial charge in [-0.2, -0.15) is 5.10 Å². The molecule has 0 spiro atoms. The zero-order valence-corrected chi connectivity index (χ0v) is 13.7. The number of hydrazone groups is 1. The normalized spacial score (nSPS) is 16.9. The third kappa shape index (κ3) is 2.41. The van der Waals surface area contributed by atoms with Crippen LogP contribution in [0.1, 0.15) is 34.1 Å². The summed E-state index contributed by atoms with van der Waals surface area (Å²) in [7, 11) is 0. The fourth-order valence-corrected chi connectivity index (χ4v) is 3.96. The Morgan fingerprint density at radius 1 is 1.21 bits per heavy atom. The molecule has 0 fully saturated rings. The van der Waals surface area contributed by atoms with E-state index in [1.165, 1.54) is 0 Å². The molecule has 120 valence electrons. The third-order valence-electron chi connectivity index (χ3n) is 4.21. The van der Waals surface area contributed by atoms with Gasteiger partial charge in [-0.05, 0) is 29.1 Å². The van der Waals surface area contributed by atoms with Crippen molar-refractivity contribution in [2.45, 2.75) is 12.5 Å². The zero-order valence-electron chi connectivity index (χ0n) is 12.8. The highest BCUT2D eigenvalue weighted by Crippen LogP contribution is 2.32. The number of carbonyl (C=O) groups excluding carboxylic acids is 1. The van der Waals surface area contributed by atoms with E-state index in [2.05, 4.69) is 15.0 Å². The molecule has 1 aromatic carbocycles. The summed E-state index contributed by atoms with van der Waals surface area (Å²) in [5.74, 6) is 5.56. The van der Waals surface area contributed by atoms with Crippen LogP contribution in [-0.2, 0) is 0 Å². The minimum atomic E-state index is -0.186. The average molecular weight is 336 g/mol. The number of aromatic nitrogens is 1. The molecule has 6 heteroatoms. The molecule has 1 aliphatic rings. The summed E-state index contributed by atoms with van der Waals surface area (Å²) in [5.41, 5.74) is 3.46. The molecule has 0 saturated carbocycles. The van der Waals surface area contributed by atoms with Gasteiger partial charge in [0, 0.05) is 18.3 Å². The van der Waals surface area contributed by atoms with E-state index in [-0.39, 0.29) is 11.9 Å². The Morgan fingerprint density at radius 3 is 2.83 bits per heavy atom. The van der Waals surface area contributed by atoms with Crippen LogP contribution in [0.4, 0.5) is 0 Å². The van der Waals surface area contributed by atoms with Crippen LogP contribution in [0.3, 0.4) is 0 Å². The second kappa shape index (κ2) is 5.98. The molecular formula is C18H16N4OS. The lowest BCUT2D eigenvalue weighted by Gasteiger charge is -2.18. The van der Waals surface area contributed by atoms with Crippen molar-refractivity contribution in [2.24, 2.45) is 10.9 Å². The molecule has 3 N–H and O–H groups in total. The van der Waals surface area contributed by atoms with Gasteiger partial charge >= 0.3 is 0 Å². The molecule has 0 aliphatic carbocycles. The van der Waals surface area contributed by atoms with E-state index < -0.39 is 0 Å².